The van der Waals surface area contributed by atoms with Crippen molar-refractivity contribution in [3.8, 4) is 0 Å². The van der Waals surface area contributed by atoms with Gasteiger partial charge < -0.3 is 10.6 Å². The first-order valence-electron chi connectivity index (χ1n) is 9.31. The maximum atomic E-state index is 11.9. The summed E-state index contributed by atoms with van der Waals surface area (Å²) in [5.41, 5.74) is 6.99. The minimum Gasteiger partial charge on any atom is -0.372 e. The molecule has 2 rings (SSSR count). The second-order valence-electron chi connectivity index (χ2n) is 6.87. The molecule has 1 fully saturated rings. The number of nitrogens with two attached hydrogens (primary N) is 1. The second-order valence-corrected chi connectivity index (χ2v) is 6.87. The number of carbonyl (C=O) groups excluding carboxylic acids is 1. The molecule has 0 radical (unpaired) electrons. The molecule has 1 saturated heterocycles. The third-order valence-electron chi connectivity index (χ3n) is 5.21. The fraction of sp³-hybridized carbons (Fsp3) is 0.650. The number of hydrogen-bond acceptors (Lipinski definition) is 2. The summed E-state index contributed by atoms with van der Waals surface area (Å²) >= 11 is 0. The summed E-state index contributed by atoms with van der Waals surface area (Å²) in [6.45, 7) is 4.30. The van der Waals surface area contributed by atoms with Crippen LogP contribution in [0.25, 0.3) is 0 Å². The van der Waals surface area contributed by atoms with Crippen molar-refractivity contribution in [2.45, 2.75) is 58.3 Å². The van der Waals surface area contributed by atoms with E-state index in [0.717, 1.165) is 38.8 Å². The highest BCUT2D eigenvalue weighted by Gasteiger charge is 2.29. The molecule has 128 valence electrons. The predicted molar refractivity (Wildman–Crippen MR) is 97.4 cm³/mol. The number of primary amides is 1. The van der Waals surface area contributed by atoms with E-state index in [9.17, 15) is 4.79 Å². The molecule has 1 atom stereocenters. The van der Waals surface area contributed by atoms with Crippen molar-refractivity contribution in [1.82, 2.24) is 0 Å². The van der Waals surface area contributed by atoms with Gasteiger partial charge in [-0.1, -0.05) is 57.2 Å². The van der Waals surface area contributed by atoms with Crippen molar-refractivity contribution < 1.29 is 4.79 Å². The summed E-state index contributed by atoms with van der Waals surface area (Å²) in [6, 6.07) is 10.6. The number of anilines is 1. The topological polar surface area (TPSA) is 46.3 Å². The molecule has 1 aliphatic heterocycles. The first-order valence-corrected chi connectivity index (χ1v) is 9.31. The van der Waals surface area contributed by atoms with Crippen molar-refractivity contribution in [1.29, 1.82) is 0 Å². The van der Waals surface area contributed by atoms with Crippen LogP contribution < -0.4 is 10.6 Å². The fourth-order valence-electron chi connectivity index (χ4n) is 3.78. The van der Waals surface area contributed by atoms with Gasteiger partial charge >= 0.3 is 0 Å². The number of rotatable bonds is 9. The van der Waals surface area contributed by atoms with Crippen molar-refractivity contribution in [3.05, 3.63) is 30.3 Å². The van der Waals surface area contributed by atoms with Crippen LogP contribution in [-0.4, -0.2) is 19.0 Å². The van der Waals surface area contributed by atoms with Gasteiger partial charge in [0.25, 0.3) is 0 Å². The molecule has 0 spiro atoms. The molecule has 0 aromatic heterocycles. The summed E-state index contributed by atoms with van der Waals surface area (Å²) in [5, 5.41) is 0. The van der Waals surface area contributed by atoms with Crippen LogP contribution >= 0.6 is 0 Å². The lowest BCUT2D eigenvalue weighted by Gasteiger charge is -2.36. The van der Waals surface area contributed by atoms with Crippen LogP contribution in [0.2, 0.25) is 0 Å². The lowest BCUT2D eigenvalue weighted by molar-refractivity contribution is -0.124. The summed E-state index contributed by atoms with van der Waals surface area (Å²) in [6.07, 6.45) is 9.37. The van der Waals surface area contributed by atoms with Gasteiger partial charge in [-0.15, -0.1) is 0 Å². The number of piperidine rings is 1. The molecule has 1 aromatic rings. The van der Waals surface area contributed by atoms with Crippen molar-refractivity contribution in [2.75, 3.05) is 18.0 Å². The first kappa shape index (κ1) is 17.8. The molecule has 1 amide bonds. The molecular formula is C20H32N2O. The normalized spacial score (nSPS) is 17.2. The molecule has 3 nitrogen and oxygen atoms in total. The Balaban J connectivity index is 1.79. The SMILES string of the molecule is CCCCCCCC(C(N)=O)C1CCN(c2ccccc2)CC1. The zero-order chi connectivity index (χ0) is 16.5. The van der Waals surface area contributed by atoms with E-state index in [-0.39, 0.29) is 11.8 Å². The molecule has 1 heterocycles. The van der Waals surface area contributed by atoms with E-state index in [0.29, 0.717) is 5.92 Å². The molecule has 3 heteroatoms. The number of benzene rings is 1. The van der Waals surface area contributed by atoms with E-state index in [2.05, 4.69) is 42.2 Å². The van der Waals surface area contributed by atoms with Gasteiger partial charge in [0.15, 0.2) is 0 Å². The van der Waals surface area contributed by atoms with Gasteiger partial charge in [-0.05, 0) is 37.3 Å². The Hall–Kier alpha value is -1.51. The third-order valence-corrected chi connectivity index (χ3v) is 5.21. The van der Waals surface area contributed by atoms with E-state index in [1.165, 1.54) is 31.4 Å². The lowest BCUT2D eigenvalue weighted by Crippen LogP contribution is -2.39. The van der Waals surface area contributed by atoms with E-state index in [1.807, 2.05) is 0 Å². The van der Waals surface area contributed by atoms with Gasteiger partial charge in [0.2, 0.25) is 5.91 Å². The molecule has 1 aromatic carbocycles. The lowest BCUT2D eigenvalue weighted by atomic mass is 9.80. The van der Waals surface area contributed by atoms with Gasteiger partial charge in [0.05, 0.1) is 0 Å². The van der Waals surface area contributed by atoms with Gasteiger partial charge in [-0.25, -0.2) is 0 Å². The number of hydrogen-bond donors (Lipinski definition) is 1. The van der Waals surface area contributed by atoms with E-state index in [4.69, 9.17) is 5.73 Å². The number of carbonyl (C=O) groups is 1. The molecule has 0 aliphatic carbocycles. The maximum Gasteiger partial charge on any atom is 0.220 e. The Labute approximate surface area is 141 Å². The molecule has 0 saturated carbocycles. The Bertz CT molecular complexity index is 452. The van der Waals surface area contributed by atoms with Gasteiger partial charge in [0.1, 0.15) is 0 Å². The zero-order valence-corrected chi connectivity index (χ0v) is 14.5. The summed E-state index contributed by atoms with van der Waals surface area (Å²) in [7, 11) is 0. The zero-order valence-electron chi connectivity index (χ0n) is 14.5. The number of nitrogens with zero attached hydrogens (tertiary/aromatic N) is 1. The summed E-state index contributed by atoms with van der Waals surface area (Å²) in [5.74, 6) is 0.465. The van der Waals surface area contributed by atoms with Crippen LogP contribution in [0, 0.1) is 11.8 Å². The van der Waals surface area contributed by atoms with Crippen LogP contribution in [-0.2, 0) is 4.79 Å². The standard InChI is InChI=1S/C20H32N2O/c1-2-3-4-5-9-12-19(20(21)23)17-13-15-22(16-14-17)18-10-7-6-8-11-18/h6-8,10-11,17,19H,2-5,9,12-16H2,1H3,(H2,21,23). The van der Waals surface area contributed by atoms with Crippen LogP contribution in [0.1, 0.15) is 58.3 Å². The van der Waals surface area contributed by atoms with Gasteiger partial charge in [-0.3, -0.25) is 4.79 Å². The van der Waals surface area contributed by atoms with Gasteiger partial charge in [-0.2, -0.15) is 0 Å². The van der Waals surface area contributed by atoms with Crippen molar-refractivity contribution in [3.63, 3.8) is 0 Å². The number of unbranched alkanes of at least 4 members (excludes halogenated alkanes) is 4. The largest absolute Gasteiger partial charge is 0.372 e. The first-order chi connectivity index (χ1) is 11.2. The molecular weight excluding hydrogens is 284 g/mol. The molecule has 1 aliphatic rings. The smallest absolute Gasteiger partial charge is 0.220 e. The average Bonchev–Trinajstić information content (AvgIpc) is 2.59. The Morgan fingerprint density at radius 3 is 2.39 bits per heavy atom. The Morgan fingerprint density at radius 1 is 1.13 bits per heavy atom. The molecule has 0 bridgehead atoms. The Kier molecular flexibility index (Phi) is 7.44. The minimum absolute atomic E-state index is 0.0783. The highest BCUT2D eigenvalue weighted by Crippen LogP contribution is 2.31. The minimum atomic E-state index is -0.0846. The van der Waals surface area contributed by atoms with Crippen molar-refractivity contribution in [2.24, 2.45) is 17.6 Å². The molecule has 1 unspecified atom stereocenters. The highest BCUT2D eigenvalue weighted by molar-refractivity contribution is 5.77. The van der Waals surface area contributed by atoms with Crippen LogP contribution in [0.4, 0.5) is 5.69 Å². The highest BCUT2D eigenvalue weighted by atomic mass is 16.1. The predicted octanol–water partition coefficient (Wildman–Crippen LogP) is 4.37. The van der Waals surface area contributed by atoms with Crippen LogP contribution in [0.15, 0.2) is 30.3 Å². The summed E-state index contributed by atoms with van der Waals surface area (Å²) < 4.78 is 0. The quantitative estimate of drug-likeness (QED) is 0.688. The fourth-order valence-corrected chi connectivity index (χ4v) is 3.78. The van der Waals surface area contributed by atoms with E-state index >= 15 is 0 Å². The number of para-hydroxylation sites is 1. The van der Waals surface area contributed by atoms with E-state index in [1.54, 1.807) is 0 Å². The van der Waals surface area contributed by atoms with E-state index < -0.39 is 0 Å². The number of amides is 1. The van der Waals surface area contributed by atoms with Crippen LogP contribution in [0.3, 0.4) is 0 Å². The molecule has 23 heavy (non-hydrogen) atoms. The maximum absolute atomic E-state index is 11.9. The van der Waals surface area contributed by atoms with Crippen molar-refractivity contribution >= 4 is 11.6 Å². The molecule has 2 N–H and O–H groups in total. The third kappa shape index (κ3) is 5.56. The summed E-state index contributed by atoms with van der Waals surface area (Å²) in [4.78, 5) is 14.3. The monoisotopic (exact) mass is 316 g/mol. The van der Waals surface area contributed by atoms with Crippen LogP contribution in [0.5, 0.6) is 0 Å². The second kappa shape index (κ2) is 9.59. The van der Waals surface area contributed by atoms with Gasteiger partial charge in [0, 0.05) is 24.7 Å². The average molecular weight is 316 g/mol. The Morgan fingerprint density at radius 2 is 1.78 bits per heavy atom.